The van der Waals surface area contributed by atoms with Crippen molar-refractivity contribution >= 4 is 42.0 Å². The third-order valence-corrected chi connectivity index (χ3v) is 6.70. The number of alkyl carbamates (subject to hydrolysis) is 2. The van der Waals surface area contributed by atoms with Gasteiger partial charge in [-0.25, -0.2) is 28.0 Å². The zero-order valence-corrected chi connectivity index (χ0v) is 37.7. The maximum atomic E-state index is 14.4. The van der Waals surface area contributed by atoms with Crippen LogP contribution in [-0.2, 0) is 52.4 Å². The summed E-state index contributed by atoms with van der Waals surface area (Å²) in [4.78, 5) is 80.3. The molecule has 352 valence electrons. The van der Waals surface area contributed by atoms with E-state index in [1.165, 1.54) is 0 Å². The maximum Gasteiger partial charge on any atom is 0.408 e. The molecule has 0 aromatic rings. The molecule has 0 heterocycles. The van der Waals surface area contributed by atoms with Crippen LogP contribution in [0.3, 0.4) is 0 Å². The number of hydrogen-bond acceptors (Lipinski definition) is 16. The number of rotatable bonds is 18. The lowest BCUT2D eigenvalue weighted by Gasteiger charge is -2.25. The number of carbonyl (C=O) groups is 7. The quantitative estimate of drug-likeness (QED) is 0.0840. The van der Waals surface area contributed by atoms with Crippen molar-refractivity contribution in [3.8, 4) is 0 Å². The molecule has 0 bridgehead atoms. The van der Waals surface area contributed by atoms with E-state index in [2.05, 4.69) is 20.1 Å². The summed E-state index contributed by atoms with van der Waals surface area (Å²) in [6, 6.07) is -4.22. The number of aliphatic hydroxyl groups excluding tert-OH is 1. The summed E-state index contributed by atoms with van der Waals surface area (Å²) in [7, 11) is 2.25. The maximum absolute atomic E-state index is 14.4. The van der Waals surface area contributed by atoms with Crippen molar-refractivity contribution in [2.24, 2.45) is 11.5 Å². The van der Waals surface area contributed by atoms with E-state index < -0.39 is 101 Å². The average molecular weight is 875 g/mol. The number of amides is 2. The van der Waals surface area contributed by atoms with Crippen molar-refractivity contribution in [2.75, 3.05) is 20.8 Å². The number of esters is 4. The first kappa shape index (κ1) is 59.9. The molecule has 21 heteroatoms. The van der Waals surface area contributed by atoms with Crippen LogP contribution in [0.2, 0.25) is 0 Å². The van der Waals surface area contributed by atoms with Gasteiger partial charge in [-0.05, 0) is 122 Å². The third-order valence-electron chi connectivity index (χ3n) is 6.70. The fourth-order valence-electron chi connectivity index (χ4n) is 4.24. The fraction of sp³-hybridized carbons (Fsp3) is 0.821. The molecule has 0 aliphatic carbocycles. The van der Waals surface area contributed by atoms with Crippen LogP contribution in [0.15, 0.2) is 0 Å². The number of halogens is 2. The van der Waals surface area contributed by atoms with E-state index in [4.69, 9.17) is 35.5 Å². The largest absolute Gasteiger partial charge is 0.480 e. The molecule has 0 rings (SSSR count). The summed E-state index contributed by atoms with van der Waals surface area (Å²) < 4.78 is 56.3. The molecule has 0 aliphatic heterocycles. The summed E-state index contributed by atoms with van der Waals surface area (Å²) >= 11 is 0. The normalized spacial score (nSPS) is 14.6. The van der Waals surface area contributed by atoms with E-state index in [9.17, 15) is 47.4 Å². The predicted octanol–water partition coefficient (Wildman–Crippen LogP) is 3.91. The lowest BCUT2D eigenvalue weighted by Crippen LogP contribution is -2.50. The first-order chi connectivity index (χ1) is 27.1. The van der Waals surface area contributed by atoms with Crippen LogP contribution in [0.1, 0.15) is 128 Å². The van der Waals surface area contributed by atoms with Crippen LogP contribution in [-0.4, -0.2) is 132 Å². The van der Waals surface area contributed by atoms with Gasteiger partial charge < -0.3 is 60.7 Å². The number of alkyl halides is 2. The fourth-order valence-corrected chi connectivity index (χ4v) is 4.24. The highest BCUT2D eigenvalue weighted by Gasteiger charge is 2.34. The molecule has 0 saturated carbocycles. The molecule has 0 aromatic carbocycles. The molecule has 0 unspecified atom stereocenters. The van der Waals surface area contributed by atoms with Gasteiger partial charge in [0.2, 0.25) is 0 Å². The molecular formula is C39H72F2N4O15. The van der Waals surface area contributed by atoms with Gasteiger partial charge in [-0.1, -0.05) is 0 Å². The molecule has 19 nitrogen and oxygen atoms in total. The van der Waals surface area contributed by atoms with Crippen molar-refractivity contribution in [3.05, 3.63) is 0 Å². The Balaban J connectivity index is -0.000000884. The monoisotopic (exact) mass is 874 g/mol. The lowest BCUT2D eigenvalue weighted by atomic mass is 10.0. The molecule has 60 heavy (non-hydrogen) atoms. The third kappa shape index (κ3) is 33.5. The zero-order valence-electron chi connectivity index (χ0n) is 37.7. The summed E-state index contributed by atoms with van der Waals surface area (Å²) in [6.07, 6.45) is -5.69. The molecule has 0 saturated heterocycles. The SMILES string of the molecule is COC(=O)[C@@H](NC(=O)OC(C)(C)C)[C@@H](O)CCCC(=O)OC(C)(C)C.COC(=O)[C@@H](NC(=O)OC(C)(C)C)[C@H](F)CCCC(=O)OC(C)(C)C.NCC[C@@H](F)[C@H](N)C(=O)O. The number of carbonyl (C=O) groups excluding carboxylic acids is 6. The molecule has 0 radical (unpaired) electrons. The predicted molar refractivity (Wildman–Crippen MR) is 215 cm³/mol. The Hall–Kier alpha value is -4.37. The van der Waals surface area contributed by atoms with Crippen molar-refractivity contribution < 1.29 is 81.0 Å². The van der Waals surface area contributed by atoms with Crippen LogP contribution >= 0.6 is 0 Å². The van der Waals surface area contributed by atoms with Crippen molar-refractivity contribution in [1.29, 1.82) is 0 Å². The number of nitrogens with two attached hydrogens (primary N) is 2. The number of ether oxygens (including phenoxy) is 6. The van der Waals surface area contributed by atoms with E-state index >= 15 is 0 Å². The Morgan fingerprint density at radius 2 is 0.933 bits per heavy atom. The lowest BCUT2D eigenvalue weighted by molar-refractivity contribution is -0.156. The molecule has 6 atom stereocenters. The standard InChI is InChI=1S/C17H30FNO6.C17H31NO7.C5H11FN2O2/c1-16(2,3)24-12(20)10-8-9-11(18)13(14(21)23-7)19-15(22)25-17(4,5)6;1-16(2,3)24-12(20)10-8-9-11(19)13(14(21)23-7)18-15(22)25-17(4,5)6;6-3(1-2-7)4(8)5(9)10/h11,13H,8-10H2,1-7H3,(H,19,22);11,13,19H,8-10H2,1-7H3,(H,18,22);3-4H,1-2,7-8H2,(H,9,10)/t11-,13+;11-,13-;3-,4+/m101/s1. The molecule has 0 fully saturated rings. The van der Waals surface area contributed by atoms with Crippen molar-refractivity contribution in [3.63, 3.8) is 0 Å². The Morgan fingerprint density at radius 1 is 0.583 bits per heavy atom. The number of methoxy groups -OCH3 is 2. The highest BCUT2D eigenvalue weighted by molar-refractivity contribution is 5.82. The molecule has 0 aliphatic rings. The van der Waals surface area contributed by atoms with Gasteiger partial charge in [0.25, 0.3) is 0 Å². The number of nitrogens with one attached hydrogen (secondary N) is 2. The number of carboxylic acid groups (broad SMARTS) is 1. The van der Waals surface area contributed by atoms with E-state index in [1.807, 2.05) is 0 Å². The molecule has 0 spiro atoms. The first-order valence-corrected chi connectivity index (χ1v) is 19.3. The molecule has 0 aromatic heterocycles. The highest BCUT2D eigenvalue weighted by Crippen LogP contribution is 2.16. The van der Waals surface area contributed by atoms with Crippen LogP contribution < -0.4 is 22.1 Å². The second-order valence-electron chi connectivity index (χ2n) is 17.3. The van der Waals surface area contributed by atoms with E-state index in [-0.39, 0.29) is 45.1 Å². The Labute approximate surface area is 352 Å². The van der Waals surface area contributed by atoms with Gasteiger partial charge in [-0.15, -0.1) is 0 Å². The smallest absolute Gasteiger partial charge is 0.408 e. The summed E-state index contributed by atoms with van der Waals surface area (Å²) in [5, 5.41) is 22.8. The van der Waals surface area contributed by atoms with Gasteiger partial charge in [0.05, 0.1) is 20.3 Å². The second kappa shape index (κ2) is 28.2. The number of hydrogen-bond donors (Lipinski definition) is 6. The average Bonchev–Trinajstić information content (AvgIpc) is 3.05. The second-order valence-corrected chi connectivity index (χ2v) is 17.3. The summed E-state index contributed by atoms with van der Waals surface area (Å²) in [6.45, 7) is 20.6. The van der Waals surface area contributed by atoms with Gasteiger partial charge in [0.1, 0.15) is 40.8 Å². The first-order valence-electron chi connectivity index (χ1n) is 19.3. The van der Waals surface area contributed by atoms with Gasteiger partial charge in [-0.2, -0.15) is 0 Å². The highest BCUT2D eigenvalue weighted by atomic mass is 19.1. The van der Waals surface area contributed by atoms with E-state index in [0.717, 1.165) is 14.2 Å². The van der Waals surface area contributed by atoms with Gasteiger partial charge in [0.15, 0.2) is 12.1 Å². The molecule has 2 amide bonds. The van der Waals surface area contributed by atoms with E-state index in [0.29, 0.717) is 6.42 Å². The Kier molecular flexibility index (Phi) is 28.2. The summed E-state index contributed by atoms with van der Waals surface area (Å²) in [5.74, 6) is -3.89. The minimum absolute atomic E-state index is 0.00648. The van der Waals surface area contributed by atoms with E-state index in [1.54, 1.807) is 83.1 Å². The van der Waals surface area contributed by atoms with Crippen molar-refractivity contribution in [1.82, 2.24) is 10.6 Å². The van der Waals surface area contributed by atoms with Gasteiger partial charge in [0, 0.05) is 12.8 Å². The van der Waals surface area contributed by atoms with Crippen LogP contribution in [0.5, 0.6) is 0 Å². The molecule has 8 N–H and O–H groups in total. The number of carboxylic acids is 1. The van der Waals surface area contributed by atoms with Crippen molar-refractivity contribution in [2.45, 2.75) is 187 Å². The van der Waals surface area contributed by atoms with Gasteiger partial charge >= 0.3 is 42.0 Å². The molecular weight excluding hydrogens is 802 g/mol. The van der Waals surface area contributed by atoms with Crippen LogP contribution in [0, 0.1) is 0 Å². The van der Waals surface area contributed by atoms with Crippen LogP contribution in [0.4, 0.5) is 18.4 Å². The number of aliphatic hydroxyl groups is 1. The topological polar surface area (TPSA) is 291 Å². The zero-order chi connectivity index (χ0) is 47.8. The number of aliphatic carboxylic acids is 1. The minimum Gasteiger partial charge on any atom is -0.480 e. The summed E-state index contributed by atoms with van der Waals surface area (Å²) in [5.41, 5.74) is 7.17. The minimum atomic E-state index is -1.72. The van der Waals surface area contributed by atoms with Crippen LogP contribution in [0.25, 0.3) is 0 Å². The van der Waals surface area contributed by atoms with Gasteiger partial charge in [-0.3, -0.25) is 14.4 Å². The Morgan fingerprint density at radius 3 is 1.27 bits per heavy atom. The Bertz CT molecular complexity index is 1260.